The van der Waals surface area contributed by atoms with Crippen LogP contribution in [0.15, 0.2) is 42.5 Å². The molecule has 0 saturated carbocycles. The molecule has 0 aromatic heterocycles. The van der Waals surface area contributed by atoms with Crippen molar-refractivity contribution in [2.45, 2.75) is 44.8 Å². The maximum atomic E-state index is 12.8. The van der Waals surface area contributed by atoms with E-state index in [0.717, 1.165) is 24.2 Å². The minimum atomic E-state index is -0.595. The molecule has 7 heteroatoms. The molecule has 1 aliphatic heterocycles. The van der Waals surface area contributed by atoms with Crippen LogP contribution in [0.25, 0.3) is 0 Å². The van der Waals surface area contributed by atoms with Gasteiger partial charge in [-0.15, -0.1) is 0 Å². The number of nitrogens with one attached hydrogen (secondary N) is 1. The maximum absolute atomic E-state index is 12.8. The molecule has 142 valence electrons. The Labute approximate surface area is 162 Å². The van der Waals surface area contributed by atoms with Crippen molar-refractivity contribution >= 4 is 23.2 Å². The van der Waals surface area contributed by atoms with Crippen LogP contribution in [0.2, 0.25) is 5.02 Å². The summed E-state index contributed by atoms with van der Waals surface area (Å²) in [4.78, 5) is 23.3. The summed E-state index contributed by atoms with van der Waals surface area (Å²) in [7, 11) is 0. The average Bonchev–Trinajstić information content (AvgIpc) is 2.67. The number of nitrogens with zero attached hydrogens (tertiary/aromatic N) is 1. The van der Waals surface area contributed by atoms with Crippen LogP contribution in [-0.2, 0) is 0 Å². The van der Waals surface area contributed by atoms with Crippen molar-refractivity contribution in [1.82, 2.24) is 5.32 Å². The van der Waals surface area contributed by atoms with Gasteiger partial charge in [-0.3, -0.25) is 14.9 Å². The van der Waals surface area contributed by atoms with Crippen LogP contribution in [0, 0.1) is 10.1 Å². The number of halogens is 1. The van der Waals surface area contributed by atoms with Crippen LogP contribution in [0.3, 0.4) is 0 Å². The zero-order valence-electron chi connectivity index (χ0n) is 15.2. The monoisotopic (exact) mass is 388 g/mol. The predicted octanol–water partition coefficient (Wildman–Crippen LogP) is 5.06. The molecule has 1 atom stereocenters. The quantitative estimate of drug-likeness (QED) is 0.573. The lowest BCUT2D eigenvalue weighted by molar-refractivity contribution is -0.384. The van der Waals surface area contributed by atoms with E-state index >= 15 is 0 Å². The molecule has 0 radical (unpaired) electrons. The molecule has 1 amide bonds. The lowest BCUT2D eigenvalue weighted by atomic mass is 9.83. The maximum Gasteiger partial charge on any atom is 0.288 e. The highest BCUT2D eigenvalue weighted by molar-refractivity contribution is 6.32. The summed E-state index contributed by atoms with van der Waals surface area (Å²) in [5, 5.41) is 14.1. The Morgan fingerprint density at radius 3 is 2.67 bits per heavy atom. The third kappa shape index (κ3) is 3.76. The average molecular weight is 389 g/mol. The van der Waals surface area contributed by atoms with Crippen molar-refractivity contribution in [2.75, 3.05) is 0 Å². The van der Waals surface area contributed by atoms with Crippen molar-refractivity contribution < 1.29 is 14.5 Å². The highest BCUT2D eigenvalue weighted by atomic mass is 35.5. The van der Waals surface area contributed by atoms with Gasteiger partial charge in [-0.2, -0.15) is 0 Å². The summed E-state index contributed by atoms with van der Waals surface area (Å²) in [6.07, 6.45) is 2.27. The molecule has 1 unspecified atom stereocenters. The van der Waals surface area contributed by atoms with Gasteiger partial charge in [0.1, 0.15) is 16.4 Å². The highest BCUT2D eigenvalue weighted by Gasteiger charge is 2.39. The number of fused-ring (bicyclic) bond motifs is 1. The second kappa shape index (κ2) is 7.56. The summed E-state index contributed by atoms with van der Waals surface area (Å²) >= 11 is 5.84. The first-order chi connectivity index (χ1) is 12.9. The number of nitro benzene ring substituents is 1. The van der Waals surface area contributed by atoms with Gasteiger partial charge in [0.05, 0.1) is 11.0 Å². The van der Waals surface area contributed by atoms with Crippen molar-refractivity contribution in [1.29, 1.82) is 0 Å². The largest absolute Gasteiger partial charge is 0.487 e. The van der Waals surface area contributed by atoms with E-state index in [9.17, 15) is 14.9 Å². The van der Waals surface area contributed by atoms with E-state index in [4.69, 9.17) is 16.3 Å². The van der Waals surface area contributed by atoms with E-state index in [-0.39, 0.29) is 33.8 Å². The first-order valence-electron chi connectivity index (χ1n) is 8.92. The van der Waals surface area contributed by atoms with Crippen LogP contribution in [-0.4, -0.2) is 16.4 Å². The zero-order valence-corrected chi connectivity index (χ0v) is 16.0. The van der Waals surface area contributed by atoms with Crippen molar-refractivity contribution in [3.05, 3.63) is 68.7 Å². The number of carbonyl (C=O) groups is 1. The molecule has 0 saturated heterocycles. The minimum Gasteiger partial charge on any atom is -0.487 e. The van der Waals surface area contributed by atoms with Gasteiger partial charge >= 0.3 is 0 Å². The number of para-hydroxylation sites is 1. The zero-order chi connectivity index (χ0) is 19.6. The molecule has 0 spiro atoms. The third-order valence-electron chi connectivity index (χ3n) is 5.20. The van der Waals surface area contributed by atoms with Crippen LogP contribution in [0.5, 0.6) is 5.75 Å². The molecule has 3 rings (SSSR count). The Hall–Kier alpha value is -2.60. The number of amides is 1. The van der Waals surface area contributed by atoms with E-state index in [1.165, 1.54) is 18.2 Å². The molecular formula is C20H21ClN2O4. The molecule has 2 aromatic rings. The first kappa shape index (κ1) is 19.2. The highest BCUT2D eigenvalue weighted by Crippen LogP contribution is 2.42. The number of benzene rings is 2. The van der Waals surface area contributed by atoms with E-state index in [0.29, 0.717) is 6.42 Å². The van der Waals surface area contributed by atoms with Gasteiger partial charge in [0, 0.05) is 23.6 Å². The molecule has 1 aliphatic rings. The molecule has 0 fully saturated rings. The summed E-state index contributed by atoms with van der Waals surface area (Å²) in [5.74, 6) is 0.386. The molecular weight excluding hydrogens is 368 g/mol. The molecule has 1 heterocycles. The van der Waals surface area contributed by atoms with Crippen LogP contribution >= 0.6 is 11.6 Å². The number of carbonyl (C=O) groups excluding carboxylic acids is 1. The Kier molecular flexibility index (Phi) is 5.37. The Morgan fingerprint density at radius 1 is 1.30 bits per heavy atom. The van der Waals surface area contributed by atoms with Crippen LogP contribution in [0.4, 0.5) is 5.69 Å². The molecule has 2 aromatic carbocycles. The fourth-order valence-corrected chi connectivity index (χ4v) is 3.65. The molecule has 0 aliphatic carbocycles. The number of nitro groups is 1. The number of ether oxygens (including phenoxy) is 1. The predicted molar refractivity (Wildman–Crippen MR) is 103 cm³/mol. The van der Waals surface area contributed by atoms with E-state index < -0.39 is 4.92 Å². The number of hydrogen-bond acceptors (Lipinski definition) is 4. The summed E-state index contributed by atoms with van der Waals surface area (Å²) in [5.41, 5.74) is 0.479. The van der Waals surface area contributed by atoms with Gasteiger partial charge in [-0.05, 0) is 31.0 Å². The Balaban J connectivity index is 1.91. The van der Waals surface area contributed by atoms with E-state index in [1.54, 1.807) is 0 Å². The second-order valence-electron chi connectivity index (χ2n) is 6.68. The van der Waals surface area contributed by atoms with Crippen molar-refractivity contribution in [3.63, 3.8) is 0 Å². The fraction of sp³-hybridized carbons (Fsp3) is 0.350. The molecule has 27 heavy (non-hydrogen) atoms. The summed E-state index contributed by atoms with van der Waals surface area (Å²) in [6.45, 7) is 4.14. The van der Waals surface area contributed by atoms with E-state index in [1.807, 2.05) is 24.3 Å². The lowest BCUT2D eigenvalue weighted by Gasteiger charge is -2.41. The SMILES string of the molecule is CCC1(CC)CC(NC(=O)c2ccc(Cl)c([N+](=O)[O-])c2)c2ccccc2O1. The fourth-order valence-electron chi connectivity index (χ4n) is 3.47. The molecule has 6 nitrogen and oxygen atoms in total. The van der Waals surface area contributed by atoms with Gasteiger partial charge in [-0.25, -0.2) is 0 Å². The van der Waals surface area contributed by atoms with Crippen LogP contribution < -0.4 is 10.1 Å². The summed E-state index contributed by atoms with van der Waals surface area (Å²) < 4.78 is 6.24. The first-order valence-corrected chi connectivity index (χ1v) is 9.29. The molecule has 1 N–H and O–H groups in total. The van der Waals surface area contributed by atoms with Crippen LogP contribution in [0.1, 0.15) is 55.1 Å². The van der Waals surface area contributed by atoms with Gasteiger partial charge in [-0.1, -0.05) is 43.6 Å². The smallest absolute Gasteiger partial charge is 0.288 e. The van der Waals surface area contributed by atoms with Crippen molar-refractivity contribution in [2.24, 2.45) is 0 Å². The van der Waals surface area contributed by atoms with Gasteiger partial charge in [0.2, 0.25) is 0 Å². The standard InChI is InChI=1S/C20H21ClN2O4/c1-3-20(4-2)12-16(14-7-5-6-8-18(14)27-20)22-19(24)13-9-10-15(21)17(11-13)23(25)26/h5-11,16H,3-4,12H2,1-2H3,(H,22,24). The number of hydrogen-bond donors (Lipinski definition) is 1. The molecule has 0 bridgehead atoms. The summed E-state index contributed by atoms with van der Waals surface area (Å²) in [6, 6.07) is 11.5. The second-order valence-corrected chi connectivity index (χ2v) is 7.09. The van der Waals surface area contributed by atoms with E-state index in [2.05, 4.69) is 19.2 Å². The lowest BCUT2D eigenvalue weighted by Crippen LogP contribution is -2.44. The third-order valence-corrected chi connectivity index (χ3v) is 5.52. The minimum absolute atomic E-state index is 0.00365. The van der Waals surface area contributed by atoms with Crippen molar-refractivity contribution in [3.8, 4) is 5.75 Å². The number of rotatable bonds is 5. The normalized spacial score (nSPS) is 17.5. The Morgan fingerprint density at radius 2 is 2.00 bits per heavy atom. The van der Waals surface area contributed by atoms with Gasteiger partial charge in [0.25, 0.3) is 11.6 Å². The topological polar surface area (TPSA) is 81.5 Å². The van der Waals surface area contributed by atoms with Gasteiger partial charge in [0.15, 0.2) is 0 Å². The van der Waals surface area contributed by atoms with Gasteiger partial charge < -0.3 is 10.1 Å². The Bertz CT molecular complexity index is 880.